The van der Waals surface area contributed by atoms with E-state index in [2.05, 4.69) is 28.0 Å². The van der Waals surface area contributed by atoms with Gasteiger partial charge in [0.1, 0.15) is 0 Å². The second-order valence-electron chi connectivity index (χ2n) is 5.24. The molecule has 3 rings (SSSR count). The maximum Gasteiger partial charge on any atom is 0.220 e. The van der Waals surface area contributed by atoms with Crippen molar-refractivity contribution in [2.45, 2.75) is 24.6 Å². The van der Waals surface area contributed by atoms with Crippen LogP contribution in [-0.4, -0.2) is 9.78 Å². The number of hydrogen-bond donors (Lipinski definition) is 0. The Kier molecular flexibility index (Phi) is 3.44. The molecular formula is C15H16BrFN2. The number of para-hydroxylation sites is 1. The van der Waals surface area contributed by atoms with Gasteiger partial charge in [-0.25, -0.2) is 4.68 Å². The minimum atomic E-state index is -0.263. The molecule has 2 atom stereocenters. The van der Waals surface area contributed by atoms with Crippen LogP contribution in [0.3, 0.4) is 0 Å². The van der Waals surface area contributed by atoms with Crippen molar-refractivity contribution in [3.63, 3.8) is 0 Å². The van der Waals surface area contributed by atoms with Crippen LogP contribution >= 0.6 is 15.9 Å². The first-order valence-corrected chi connectivity index (χ1v) is 7.53. The van der Waals surface area contributed by atoms with Crippen molar-refractivity contribution >= 4 is 15.9 Å². The molecule has 4 heteroatoms. The lowest BCUT2D eigenvalue weighted by Gasteiger charge is -2.16. The van der Waals surface area contributed by atoms with E-state index >= 15 is 0 Å². The molecule has 0 spiro atoms. The third kappa shape index (κ3) is 2.46. The Morgan fingerprint density at radius 2 is 2.00 bits per heavy atom. The zero-order valence-electron chi connectivity index (χ0n) is 10.8. The summed E-state index contributed by atoms with van der Waals surface area (Å²) >= 11 is 3.64. The van der Waals surface area contributed by atoms with E-state index in [4.69, 9.17) is 0 Å². The second-order valence-corrected chi connectivity index (χ2v) is 6.22. The van der Waals surface area contributed by atoms with E-state index in [9.17, 15) is 4.39 Å². The summed E-state index contributed by atoms with van der Waals surface area (Å²) in [6, 6.07) is 9.39. The standard InChI is InChI=1S/C15H16BrFN2/c1-10(11-7-8-11)14(16)13-9-18-19(15(13)17)12-5-3-2-4-6-12/h2-6,9-11,14H,7-8H2,1H3. The summed E-state index contributed by atoms with van der Waals surface area (Å²) in [4.78, 5) is 0.0393. The van der Waals surface area contributed by atoms with E-state index in [1.165, 1.54) is 17.5 Å². The summed E-state index contributed by atoms with van der Waals surface area (Å²) < 4.78 is 15.8. The van der Waals surface area contributed by atoms with Crippen molar-refractivity contribution in [2.24, 2.45) is 11.8 Å². The van der Waals surface area contributed by atoms with Gasteiger partial charge in [-0.2, -0.15) is 9.49 Å². The lowest BCUT2D eigenvalue weighted by molar-refractivity contribution is 0.472. The number of benzene rings is 1. The quantitative estimate of drug-likeness (QED) is 0.758. The van der Waals surface area contributed by atoms with Crippen molar-refractivity contribution in [1.29, 1.82) is 0 Å². The SMILES string of the molecule is CC(C1CC1)C(Br)c1cnn(-c2ccccc2)c1F. The van der Waals surface area contributed by atoms with Crippen LogP contribution in [-0.2, 0) is 0 Å². The summed E-state index contributed by atoms with van der Waals surface area (Å²) in [6.07, 6.45) is 4.16. The van der Waals surface area contributed by atoms with Crippen molar-refractivity contribution in [2.75, 3.05) is 0 Å². The fourth-order valence-electron chi connectivity index (χ4n) is 2.42. The number of alkyl halides is 1. The Labute approximate surface area is 120 Å². The maximum absolute atomic E-state index is 14.5. The maximum atomic E-state index is 14.5. The molecule has 1 aliphatic carbocycles. The number of aromatic nitrogens is 2. The molecule has 1 heterocycles. The highest BCUT2D eigenvalue weighted by Crippen LogP contribution is 2.46. The fraction of sp³-hybridized carbons (Fsp3) is 0.400. The van der Waals surface area contributed by atoms with Gasteiger partial charge in [0.25, 0.3) is 0 Å². The van der Waals surface area contributed by atoms with Gasteiger partial charge in [0.2, 0.25) is 5.95 Å². The molecule has 100 valence electrons. The highest BCUT2D eigenvalue weighted by Gasteiger charge is 2.34. The molecule has 1 saturated carbocycles. The van der Waals surface area contributed by atoms with E-state index in [0.29, 0.717) is 11.5 Å². The number of hydrogen-bond acceptors (Lipinski definition) is 1. The molecule has 2 nitrogen and oxygen atoms in total. The van der Waals surface area contributed by atoms with Gasteiger partial charge >= 0.3 is 0 Å². The highest BCUT2D eigenvalue weighted by molar-refractivity contribution is 9.09. The summed E-state index contributed by atoms with van der Waals surface area (Å²) in [5, 5.41) is 4.18. The molecule has 1 aromatic heterocycles. The predicted octanol–water partition coefficient (Wildman–Crippen LogP) is 4.49. The Morgan fingerprint density at radius 1 is 1.32 bits per heavy atom. The fourth-order valence-corrected chi connectivity index (χ4v) is 3.16. The van der Waals surface area contributed by atoms with Crippen LogP contribution in [0, 0.1) is 17.8 Å². The van der Waals surface area contributed by atoms with Crippen molar-refractivity contribution in [3.05, 3.63) is 48.0 Å². The van der Waals surface area contributed by atoms with Crippen LogP contribution in [0.25, 0.3) is 5.69 Å². The van der Waals surface area contributed by atoms with Crippen LogP contribution in [0.15, 0.2) is 36.5 Å². The Morgan fingerprint density at radius 3 is 2.63 bits per heavy atom. The van der Waals surface area contributed by atoms with Crippen molar-refractivity contribution in [3.8, 4) is 5.69 Å². The molecule has 0 N–H and O–H groups in total. The Bertz CT molecular complexity index is 563. The lowest BCUT2D eigenvalue weighted by Crippen LogP contribution is -2.08. The molecule has 0 saturated heterocycles. The van der Waals surface area contributed by atoms with E-state index < -0.39 is 0 Å². The smallest absolute Gasteiger partial charge is 0.206 e. The van der Waals surface area contributed by atoms with Gasteiger partial charge in [-0.3, -0.25) is 0 Å². The molecule has 1 aliphatic rings. The summed E-state index contributed by atoms with van der Waals surface area (Å²) in [5.41, 5.74) is 1.41. The Balaban J connectivity index is 1.90. The number of rotatable bonds is 4. The Hall–Kier alpha value is -1.16. The van der Waals surface area contributed by atoms with Crippen LogP contribution < -0.4 is 0 Å². The number of nitrogens with zero attached hydrogens (tertiary/aromatic N) is 2. The summed E-state index contributed by atoms with van der Waals surface area (Å²) in [7, 11) is 0. The van der Waals surface area contributed by atoms with Crippen LogP contribution in [0.2, 0.25) is 0 Å². The van der Waals surface area contributed by atoms with E-state index in [-0.39, 0.29) is 10.8 Å². The topological polar surface area (TPSA) is 17.8 Å². The minimum absolute atomic E-state index is 0.0393. The van der Waals surface area contributed by atoms with Gasteiger partial charge < -0.3 is 0 Å². The van der Waals surface area contributed by atoms with E-state index in [0.717, 1.165) is 11.6 Å². The van der Waals surface area contributed by atoms with E-state index in [1.807, 2.05) is 30.3 Å². The molecule has 1 fully saturated rings. The van der Waals surface area contributed by atoms with Gasteiger partial charge in [0.05, 0.1) is 11.9 Å². The molecular weight excluding hydrogens is 307 g/mol. The van der Waals surface area contributed by atoms with E-state index in [1.54, 1.807) is 6.20 Å². The molecule has 0 aliphatic heterocycles. The van der Waals surface area contributed by atoms with Crippen LogP contribution in [0.1, 0.15) is 30.2 Å². The average Bonchev–Trinajstić information content (AvgIpc) is 3.21. The van der Waals surface area contributed by atoms with Crippen molar-refractivity contribution in [1.82, 2.24) is 9.78 Å². The van der Waals surface area contributed by atoms with Gasteiger partial charge in [-0.1, -0.05) is 41.1 Å². The predicted molar refractivity (Wildman–Crippen MR) is 77.1 cm³/mol. The third-order valence-electron chi connectivity index (χ3n) is 3.86. The largest absolute Gasteiger partial charge is 0.220 e. The first-order chi connectivity index (χ1) is 9.18. The average molecular weight is 323 g/mol. The van der Waals surface area contributed by atoms with Crippen molar-refractivity contribution < 1.29 is 4.39 Å². The minimum Gasteiger partial charge on any atom is -0.206 e. The molecule has 0 bridgehead atoms. The molecule has 19 heavy (non-hydrogen) atoms. The highest BCUT2D eigenvalue weighted by atomic mass is 79.9. The van der Waals surface area contributed by atoms with Gasteiger partial charge in [-0.15, -0.1) is 0 Å². The van der Waals surface area contributed by atoms with Gasteiger partial charge in [0.15, 0.2) is 0 Å². The first-order valence-electron chi connectivity index (χ1n) is 6.61. The van der Waals surface area contributed by atoms with Gasteiger partial charge in [0, 0.05) is 10.4 Å². The zero-order chi connectivity index (χ0) is 13.4. The second kappa shape index (κ2) is 5.08. The first kappa shape index (κ1) is 12.9. The molecule has 2 unspecified atom stereocenters. The molecule has 0 amide bonds. The third-order valence-corrected chi connectivity index (χ3v) is 5.19. The molecule has 1 aromatic carbocycles. The normalized spacial score (nSPS) is 18.3. The zero-order valence-corrected chi connectivity index (χ0v) is 12.3. The number of halogens is 2. The summed E-state index contributed by atoms with van der Waals surface area (Å²) in [5.74, 6) is 0.910. The van der Waals surface area contributed by atoms with Crippen LogP contribution in [0.5, 0.6) is 0 Å². The monoisotopic (exact) mass is 322 g/mol. The molecule has 2 aromatic rings. The van der Waals surface area contributed by atoms with Gasteiger partial charge in [-0.05, 0) is 36.8 Å². The van der Waals surface area contributed by atoms with Crippen LogP contribution in [0.4, 0.5) is 4.39 Å². The summed E-state index contributed by atoms with van der Waals surface area (Å²) in [6.45, 7) is 2.18. The lowest BCUT2D eigenvalue weighted by atomic mass is 9.98. The molecule has 0 radical (unpaired) electrons.